The van der Waals surface area contributed by atoms with E-state index in [-0.39, 0.29) is 5.78 Å². The van der Waals surface area contributed by atoms with Crippen LogP contribution in [0.15, 0.2) is 36.4 Å². The van der Waals surface area contributed by atoms with Crippen molar-refractivity contribution < 1.29 is 9.59 Å². The second-order valence-electron chi connectivity index (χ2n) is 5.39. The van der Waals surface area contributed by atoms with Gasteiger partial charge in [-0.05, 0) is 17.2 Å². The summed E-state index contributed by atoms with van der Waals surface area (Å²) >= 11 is 0. The van der Waals surface area contributed by atoms with Crippen LogP contribution >= 0.6 is 0 Å². The van der Waals surface area contributed by atoms with Crippen molar-refractivity contribution in [3.8, 4) is 0 Å². The van der Waals surface area contributed by atoms with E-state index in [1.165, 1.54) is 19.3 Å². The van der Waals surface area contributed by atoms with Gasteiger partial charge in [-0.3, -0.25) is 9.59 Å². The summed E-state index contributed by atoms with van der Waals surface area (Å²) < 4.78 is 0. The first kappa shape index (κ1) is 26.3. The number of aldehydes is 1. The lowest BCUT2D eigenvalue weighted by Gasteiger charge is -2.06. The third-order valence-corrected chi connectivity index (χ3v) is 3.57. The van der Waals surface area contributed by atoms with Crippen LogP contribution in [-0.2, 0) is 0 Å². The predicted octanol–water partition coefficient (Wildman–Crippen LogP) is 7.88. The molecule has 0 amide bonds. The van der Waals surface area contributed by atoms with E-state index < -0.39 is 0 Å². The fourth-order valence-electron chi connectivity index (χ4n) is 2.40. The quantitative estimate of drug-likeness (QED) is 0.388. The molecule has 2 nitrogen and oxygen atoms in total. The van der Waals surface area contributed by atoms with Gasteiger partial charge in [-0.25, -0.2) is 0 Å². The summed E-state index contributed by atoms with van der Waals surface area (Å²) in [7, 11) is 0. The van der Waals surface area contributed by atoms with Crippen LogP contribution in [0.3, 0.4) is 0 Å². The molecular weight excluding hydrogens is 320 g/mol. The van der Waals surface area contributed by atoms with Crippen LogP contribution in [0.2, 0.25) is 0 Å². The molecule has 2 aromatic rings. The molecule has 2 heteroatoms. The molecule has 0 aliphatic rings. The van der Waals surface area contributed by atoms with Crippen LogP contribution in [0, 0.1) is 0 Å². The van der Waals surface area contributed by atoms with Crippen LogP contribution < -0.4 is 0 Å². The fourth-order valence-corrected chi connectivity index (χ4v) is 2.40. The second kappa shape index (κ2) is 17.8. The van der Waals surface area contributed by atoms with Crippen molar-refractivity contribution in [2.24, 2.45) is 0 Å². The maximum absolute atomic E-state index is 12.0. The van der Waals surface area contributed by atoms with Crippen molar-refractivity contribution in [2.75, 3.05) is 0 Å². The van der Waals surface area contributed by atoms with E-state index in [9.17, 15) is 9.59 Å². The van der Waals surface area contributed by atoms with Crippen LogP contribution in [0.1, 0.15) is 101 Å². The van der Waals surface area contributed by atoms with Crippen molar-refractivity contribution >= 4 is 22.8 Å². The number of fused-ring (bicyclic) bond motifs is 1. The first-order valence-electron chi connectivity index (χ1n) is 10.2. The van der Waals surface area contributed by atoms with E-state index in [1.54, 1.807) is 6.07 Å². The van der Waals surface area contributed by atoms with Crippen molar-refractivity contribution in [3.63, 3.8) is 0 Å². The third-order valence-electron chi connectivity index (χ3n) is 3.57. The van der Waals surface area contributed by atoms with Gasteiger partial charge >= 0.3 is 0 Å². The molecule has 26 heavy (non-hydrogen) atoms. The fraction of sp³-hybridized carbons (Fsp3) is 0.500. The molecule has 0 aromatic heterocycles. The summed E-state index contributed by atoms with van der Waals surface area (Å²) in [6.07, 6.45) is 6.29. The zero-order valence-corrected chi connectivity index (χ0v) is 17.9. The van der Waals surface area contributed by atoms with Gasteiger partial charge in [0, 0.05) is 17.5 Å². The summed E-state index contributed by atoms with van der Waals surface area (Å²) in [4.78, 5) is 22.9. The Balaban J connectivity index is 0. The molecule has 0 radical (unpaired) electrons. The molecule has 0 atom stereocenters. The Morgan fingerprint density at radius 3 is 1.81 bits per heavy atom. The molecule has 0 saturated heterocycles. The van der Waals surface area contributed by atoms with E-state index in [0.29, 0.717) is 17.5 Å². The predicted molar refractivity (Wildman–Crippen MR) is 116 cm³/mol. The van der Waals surface area contributed by atoms with Gasteiger partial charge in [0.05, 0.1) is 0 Å². The number of unbranched alkanes of at least 4 members (excludes halogenated alkanes) is 2. The van der Waals surface area contributed by atoms with Gasteiger partial charge in [0.25, 0.3) is 0 Å². The molecule has 146 valence electrons. The average Bonchev–Trinajstić information content (AvgIpc) is 2.71. The van der Waals surface area contributed by atoms with E-state index in [4.69, 9.17) is 0 Å². The van der Waals surface area contributed by atoms with Gasteiger partial charge in [0.2, 0.25) is 0 Å². The Morgan fingerprint density at radius 1 is 0.808 bits per heavy atom. The lowest BCUT2D eigenvalue weighted by Crippen LogP contribution is -1.99. The van der Waals surface area contributed by atoms with Crippen molar-refractivity contribution in [1.29, 1.82) is 0 Å². The molecule has 0 N–H and O–H groups in total. The Bertz CT molecular complexity index is 613. The normalized spacial score (nSPS) is 8.88. The molecule has 0 saturated carbocycles. The Morgan fingerprint density at radius 2 is 1.35 bits per heavy atom. The Labute approximate surface area is 161 Å². The molecule has 2 aromatic carbocycles. The lowest BCUT2D eigenvalue weighted by atomic mass is 9.97. The Kier molecular flexibility index (Phi) is 18.0. The number of benzene rings is 2. The average molecular weight is 359 g/mol. The SMILES string of the molecule is CC.CC.CCCC(=O)c1cccc2c(C=O)cccc12.CCCCC. The van der Waals surface area contributed by atoms with E-state index >= 15 is 0 Å². The molecule has 0 aliphatic heterocycles. The maximum atomic E-state index is 12.0. The van der Waals surface area contributed by atoms with Crippen molar-refractivity contribution in [1.82, 2.24) is 0 Å². The highest BCUT2D eigenvalue weighted by Gasteiger charge is 2.10. The van der Waals surface area contributed by atoms with Crippen LogP contribution in [0.4, 0.5) is 0 Å². The first-order chi connectivity index (χ1) is 12.7. The van der Waals surface area contributed by atoms with Gasteiger partial charge in [0.15, 0.2) is 12.1 Å². The van der Waals surface area contributed by atoms with Crippen molar-refractivity contribution in [3.05, 3.63) is 47.5 Å². The maximum Gasteiger partial charge on any atom is 0.163 e. The summed E-state index contributed by atoms with van der Waals surface area (Å²) in [5, 5.41) is 1.72. The zero-order valence-electron chi connectivity index (χ0n) is 17.9. The summed E-state index contributed by atoms with van der Waals surface area (Å²) in [6, 6.07) is 11.0. The minimum Gasteiger partial charge on any atom is -0.298 e. The topological polar surface area (TPSA) is 34.1 Å². The standard InChI is InChI=1S/C15H14O2.C5H12.2C2H6/c1-2-5-15(17)14-9-4-7-12-11(10-16)6-3-8-13(12)14;1-3-5-4-2;2*1-2/h3-4,6-10H,2,5H2,1H3;3-5H2,1-2H3;2*1-2H3. The molecule has 2 rings (SSSR count). The number of ketones is 1. The number of rotatable bonds is 6. The summed E-state index contributed by atoms with van der Waals surface area (Å²) in [5.74, 6) is 0.140. The van der Waals surface area contributed by atoms with E-state index in [1.807, 2.05) is 65.0 Å². The molecule has 0 spiro atoms. The van der Waals surface area contributed by atoms with Crippen LogP contribution in [0.25, 0.3) is 10.8 Å². The Hall–Kier alpha value is -1.96. The molecule has 0 bridgehead atoms. The van der Waals surface area contributed by atoms with Crippen LogP contribution in [0.5, 0.6) is 0 Å². The van der Waals surface area contributed by atoms with Crippen LogP contribution in [-0.4, -0.2) is 12.1 Å². The minimum absolute atomic E-state index is 0.140. The summed E-state index contributed by atoms with van der Waals surface area (Å²) in [6.45, 7) is 14.4. The van der Waals surface area contributed by atoms with Crippen molar-refractivity contribution in [2.45, 2.75) is 80.6 Å². The minimum atomic E-state index is 0.140. The first-order valence-corrected chi connectivity index (χ1v) is 10.2. The highest BCUT2D eigenvalue weighted by Crippen LogP contribution is 2.22. The molecule has 0 fully saturated rings. The molecule has 0 heterocycles. The molecular formula is C24H38O2. The van der Waals surface area contributed by atoms with E-state index in [0.717, 1.165) is 23.5 Å². The third kappa shape index (κ3) is 8.94. The number of hydrogen-bond acceptors (Lipinski definition) is 2. The summed E-state index contributed by atoms with van der Waals surface area (Å²) in [5.41, 5.74) is 1.35. The monoisotopic (exact) mass is 358 g/mol. The van der Waals surface area contributed by atoms with Gasteiger partial charge in [-0.2, -0.15) is 0 Å². The van der Waals surface area contributed by atoms with Gasteiger partial charge in [-0.15, -0.1) is 0 Å². The van der Waals surface area contributed by atoms with Gasteiger partial charge in [-0.1, -0.05) is 104 Å². The number of Topliss-reactive ketones (excluding diaryl/α,β-unsaturated/α-hetero) is 1. The molecule has 0 unspecified atom stereocenters. The molecule has 0 aliphatic carbocycles. The lowest BCUT2D eigenvalue weighted by molar-refractivity contribution is 0.0983. The van der Waals surface area contributed by atoms with E-state index in [2.05, 4.69) is 13.8 Å². The number of carbonyl (C=O) groups excluding carboxylic acids is 2. The van der Waals surface area contributed by atoms with Gasteiger partial charge < -0.3 is 0 Å². The number of hydrogen-bond donors (Lipinski definition) is 0. The van der Waals surface area contributed by atoms with Gasteiger partial charge in [0.1, 0.15) is 0 Å². The number of carbonyl (C=O) groups is 2. The highest BCUT2D eigenvalue weighted by atomic mass is 16.1. The largest absolute Gasteiger partial charge is 0.298 e. The second-order valence-corrected chi connectivity index (χ2v) is 5.39. The zero-order chi connectivity index (χ0) is 20.4. The highest BCUT2D eigenvalue weighted by molar-refractivity contribution is 6.11. The smallest absolute Gasteiger partial charge is 0.163 e.